The maximum absolute atomic E-state index is 11.2. The van der Waals surface area contributed by atoms with Gasteiger partial charge in [-0.15, -0.1) is 0 Å². The van der Waals surface area contributed by atoms with Crippen molar-refractivity contribution in [1.82, 2.24) is 9.97 Å². The first-order valence-corrected chi connectivity index (χ1v) is 7.88. The van der Waals surface area contributed by atoms with Crippen LogP contribution < -0.4 is 0 Å². The molecule has 0 radical (unpaired) electrons. The van der Waals surface area contributed by atoms with E-state index < -0.39 is 0 Å². The summed E-state index contributed by atoms with van der Waals surface area (Å²) in [5, 5.41) is 9.20. The Kier molecular flexibility index (Phi) is 6.09. The van der Waals surface area contributed by atoms with Crippen molar-refractivity contribution >= 4 is 5.97 Å². The number of benzene rings is 1. The van der Waals surface area contributed by atoms with Crippen LogP contribution in [-0.4, -0.2) is 27.1 Å². The van der Waals surface area contributed by atoms with Gasteiger partial charge in [0.15, 0.2) is 11.6 Å². The molecule has 1 aromatic heterocycles. The molecule has 2 rings (SSSR count). The van der Waals surface area contributed by atoms with Crippen LogP contribution in [-0.2, 0) is 16.0 Å². The Morgan fingerprint density at radius 3 is 2.48 bits per heavy atom. The maximum Gasteiger partial charge on any atom is 0.305 e. The third-order valence-electron chi connectivity index (χ3n) is 3.55. The molecule has 0 saturated carbocycles. The molecule has 1 unspecified atom stereocenters. The quantitative estimate of drug-likeness (QED) is 0.792. The molecule has 0 bridgehead atoms. The Morgan fingerprint density at radius 1 is 1.22 bits per heavy atom. The SMILES string of the molecule is CCC(=O)OC(C)CCCc1ccc(-c2ncc(O)cn2)cc1. The van der Waals surface area contributed by atoms with Gasteiger partial charge in [0.1, 0.15) is 0 Å². The molecule has 5 nitrogen and oxygen atoms in total. The minimum atomic E-state index is -0.143. The van der Waals surface area contributed by atoms with E-state index in [0.29, 0.717) is 12.2 Å². The summed E-state index contributed by atoms with van der Waals surface area (Å²) in [6, 6.07) is 8.05. The van der Waals surface area contributed by atoms with Crippen LogP contribution in [0.5, 0.6) is 5.75 Å². The molecule has 0 saturated heterocycles. The van der Waals surface area contributed by atoms with Crippen LogP contribution in [0.1, 0.15) is 38.7 Å². The van der Waals surface area contributed by atoms with E-state index in [-0.39, 0.29) is 17.8 Å². The predicted molar refractivity (Wildman–Crippen MR) is 87.9 cm³/mol. The molecule has 2 aromatic rings. The summed E-state index contributed by atoms with van der Waals surface area (Å²) in [5.74, 6) is 0.508. The van der Waals surface area contributed by atoms with E-state index in [2.05, 4.69) is 9.97 Å². The lowest BCUT2D eigenvalue weighted by molar-refractivity contribution is -0.148. The number of hydrogen-bond donors (Lipinski definition) is 1. The lowest BCUT2D eigenvalue weighted by Crippen LogP contribution is -2.14. The molecule has 1 heterocycles. The number of rotatable bonds is 7. The minimum Gasteiger partial charge on any atom is -0.505 e. The Labute approximate surface area is 136 Å². The summed E-state index contributed by atoms with van der Waals surface area (Å²) in [6.07, 6.45) is 5.91. The first-order chi connectivity index (χ1) is 11.1. The van der Waals surface area contributed by atoms with Gasteiger partial charge in [-0.3, -0.25) is 4.79 Å². The van der Waals surface area contributed by atoms with Gasteiger partial charge in [0, 0.05) is 12.0 Å². The summed E-state index contributed by atoms with van der Waals surface area (Å²) in [4.78, 5) is 19.4. The predicted octanol–water partition coefficient (Wildman–Crippen LogP) is 3.51. The van der Waals surface area contributed by atoms with Crippen molar-refractivity contribution < 1.29 is 14.6 Å². The van der Waals surface area contributed by atoms with Crippen molar-refractivity contribution in [3.05, 3.63) is 42.2 Å². The van der Waals surface area contributed by atoms with E-state index >= 15 is 0 Å². The van der Waals surface area contributed by atoms with Crippen LogP contribution in [0.3, 0.4) is 0 Å². The van der Waals surface area contributed by atoms with Crippen LogP contribution in [0.15, 0.2) is 36.7 Å². The summed E-state index contributed by atoms with van der Waals surface area (Å²) < 4.78 is 5.25. The van der Waals surface area contributed by atoms with E-state index in [9.17, 15) is 9.90 Å². The van der Waals surface area contributed by atoms with E-state index in [1.165, 1.54) is 18.0 Å². The lowest BCUT2D eigenvalue weighted by Gasteiger charge is -2.12. The van der Waals surface area contributed by atoms with Crippen molar-refractivity contribution in [2.45, 2.75) is 45.6 Å². The Balaban J connectivity index is 1.83. The topological polar surface area (TPSA) is 72.3 Å². The van der Waals surface area contributed by atoms with Gasteiger partial charge >= 0.3 is 5.97 Å². The molecule has 0 aliphatic heterocycles. The number of esters is 1. The van der Waals surface area contributed by atoms with Gasteiger partial charge in [0.05, 0.1) is 18.5 Å². The van der Waals surface area contributed by atoms with Crippen LogP contribution in [0.2, 0.25) is 0 Å². The Bertz CT molecular complexity index is 624. The molecule has 23 heavy (non-hydrogen) atoms. The second-order valence-electron chi connectivity index (χ2n) is 5.51. The van der Waals surface area contributed by atoms with Crippen molar-refractivity contribution in [3.8, 4) is 17.1 Å². The highest BCUT2D eigenvalue weighted by Gasteiger charge is 2.07. The maximum atomic E-state index is 11.2. The van der Waals surface area contributed by atoms with Gasteiger partial charge in [-0.2, -0.15) is 0 Å². The smallest absolute Gasteiger partial charge is 0.305 e. The molecule has 5 heteroatoms. The second kappa shape index (κ2) is 8.27. The van der Waals surface area contributed by atoms with Crippen molar-refractivity contribution in [1.29, 1.82) is 0 Å². The fraction of sp³-hybridized carbons (Fsp3) is 0.389. The number of carbonyl (C=O) groups is 1. The zero-order valence-electron chi connectivity index (χ0n) is 13.5. The molecule has 1 N–H and O–H groups in total. The number of aryl methyl sites for hydroxylation is 1. The number of hydrogen-bond acceptors (Lipinski definition) is 5. The van der Waals surface area contributed by atoms with Crippen LogP contribution in [0.4, 0.5) is 0 Å². The monoisotopic (exact) mass is 314 g/mol. The first kappa shape index (κ1) is 16.9. The normalized spacial score (nSPS) is 11.9. The van der Waals surface area contributed by atoms with Gasteiger partial charge in [0.25, 0.3) is 0 Å². The van der Waals surface area contributed by atoms with Crippen molar-refractivity contribution in [2.75, 3.05) is 0 Å². The van der Waals surface area contributed by atoms with Crippen LogP contribution >= 0.6 is 0 Å². The second-order valence-corrected chi connectivity index (χ2v) is 5.51. The summed E-state index contributed by atoms with van der Waals surface area (Å²) >= 11 is 0. The molecule has 0 amide bonds. The van der Waals surface area contributed by atoms with E-state index in [0.717, 1.165) is 24.8 Å². The number of ether oxygens (including phenoxy) is 1. The Morgan fingerprint density at radius 2 is 1.87 bits per heavy atom. The van der Waals surface area contributed by atoms with Crippen molar-refractivity contribution in [3.63, 3.8) is 0 Å². The number of nitrogens with zero attached hydrogens (tertiary/aromatic N) is 2. The van der Waals surface area contributed by atoms with E-state index in [1.807, 2.05) is 31.2 Å². The molecule has 0 spiro atoms. The van der Waals surface area contributed by atoms with E-state index in [1.54, 1.807) is 6.92 Å². The fourth-order valence-electron chi connectivity index (χ4n) is 2.25. The van der Waals surface area contributed by atoms with Gasteiger partial charge in [-0.25, -0.2) is 9.97 Å². The highest BCUT2D eigenvalue weighted by atomic mass is 16.5. The lowest BCUT2D eigenvalue weighted by atomic mass is 10.0. The van der Waals surface area contributed by atoms with Crippen LogP contribution in [0.25, 0.3) is 11.4 Å². The molecule has 0 aliphatic rings. The summed E-state index contributed by atoms with van der Waals surface area (Å²) in [6.45, 7) is 3.73. The molecule has 122 valence electrons. The number of aromatic hydroxyl groups is 1. The fourth-order valence-corrected chi connectivity index (χ4v) is 2.25. The highest BCUT2D eigenvalue weighted by molar-refractivity contribution is 5.69. The van der Waals surface area contributed by atoms with Gasteiger partial charge in [-0.1, -0.05) is 31.2 Å². The third kappa shape index (κ3) is 5.36. The zero-order chi connectivity index (χ0) is 16.7. The molecule has 0 fully saturated rings. The molecular weight excluding hydrogens is 292 g/mol. The number of aromatic nitrogens is 2. The number of carbonyl (C=O) groups excluding carboxylic acids is 1. The largest absolute Gasteiger partial charge is 0.505 e. The molecule has 1 atom stereocenters. The highest BCUT2D eigenvalue weighted by Crippen LogP contribution is 2.18. The van der Waals surface area contributed by atoms with Gasteiger partial charge in [0.2, 0.25) is 0 Å². The minimum absolute atomic E-state index is 0.0351. The molecule has 1 aromatic carbocycles. The third-order valence-corrected chi connectivity index (χ3v) is 3.55. The summed E-state index contributed by atoms with van der Waals surface area (Å²) in [7, 11) is 0. The standard InChI is InChI=1S/C18H22N2O3/c1-3-17(22)23-13(2)5-4-6-14-7-9-15(10-8-14)18-19-11-16(21)12-20-18/h7-13,21H,3-6H2,1-2H3. The average molecular weight is 314 g/mol. The molecule has 0 aliphatic carbocycles. The van der Waals surface area contributed by atoms with Crippen molar-refractivity contribution in [2.24, 2.45) is 0 Å². The van der Waals surface area contributed by atoms with E-state index in [4.69, 9.17) is 4.74 Å². The first-order valence-electron chi connectivity index (χ1n) is 7.88. The Hall–Kier alpha value is -2.43. The van der Waals surface area contributed by atoms with Crippen LogP contribution in [0, 0.1) is 0 Å². The average Bonchev–Trinajstić information content (AvgIpc) is 2.56. The zero-order valence-corrected chi connectivity index (χ0v) is 13.5. The van der Waals surface area contributed by atoms with Gasteiger partial charge in [-0.05, 0) is 31.7 Å². The summed E-state index contributed by atoms with van der Waals surface area (Å²) in [5.41, 5.74) is 2.14. The van der Waals surface area contributed by atoms with Gasteiger partial charge < -0.3 is 9.84 Å². The molecular formula is C18H22N2O3.